The number of aryl methyl sites for hydroxylation is 1. The topological polar surface area (TPSA) is 58.2 Å². The molecule has 1 aromatic heterocycles. The van der Waals surface area contributed by atoms with E-state index in [1.807, 2.05) is 13.0 Å². The van der Waals surface area contributed by atoms with E-state index in [4.69, 9.17) is 4.74 Å². The van der Waals surface area contributed by atoms with E-state index in [0.717, 1.165) is 55.0 Å². The van der Waals surface area contributed by atoms with E-state index in [-0.39, 0.29) is 5.56 Å². The Morgan fingerprint density at radius 2 is 2.04 bits per heavy atom. The molecule has 3 rings (SSSR count). The highest BCUT2D eigenvalue weighted by molar-refractivity contribution is 5.69. The summed E-state index contributed by atoms with van der Waals surface area (Å²) in [4.78, 5) is 14.0. The number of H-pyrrole nitrogens is 1. The molecule has 5 nitrogen and oxygen atoms in total. The van der Waals surface area contributed by atoms with Crippen molar-refractivity contribution in [1.82, 2.24) is 15.1 Å². The van der Waals surface area contributed by atoms with Crippen LogP contribution in [0, 0.1) is 6.92 Å². The molecule has 2 heterocycles. The van der Waals surface area contributed by atoms with Crippen LogP contribution in [0.25, 0.3) is 5.57 Å². The molecule has 1 fully saturated rings. The maximum Gasteiger partial charge on any atom is 0.264 e. The first-order valence-corrected chi connectivity index (χ1v) is 9.04. The van der Waals surface area contributed by atoms with Gasteiger partial charge < -0.3 is 9.64 Å². The maximum absolute atomic E-state index is 11.5. The van der Waals surface area contributed by atoms with Crippen molar-refractivity contribution < 1.29 is 4.74 Å². The van der Waals surface area contributed by atoms with Gasteiger partial charge in [0.1, 0.15) is 0 Å². The summed E-state index contributed by atoms with van der Waals surface area (Å²) >= 11 is 0. The minimum absolute atomic E-state index is 0.153. The Kier molecular flexibility index (Phi) is 5.86. The van der Waals surface area contributed by atoms with Crippen LogP contribution in [-0.2, 0) is 4.74 Å². The number of aromatic nitrogens is 2. The predicted molar refractivity (Wildman–Crippen MR) is 95.7 cm³/mol. The minimum Gasteiger partial charge on any atom is -0.498 e. The standard InChI is InChI=1S/C19H27N3O2/c1-15-18(14-19(23)21-20-15)16-6-8-17(9-7-16)24-13-5-12-22-10-3-2-4-11-22/h6,8,14H,2-5,7,9-13H2,1H3,(H,21,23). The summed E-state index contributed by atoms with van der Waals surface area (Å²) in [5, 5.41) is 6.52. The van der Waals surface area contributed by atoms with Gasteiger partial charge in [-0.3, -0.25) is 4.79 Å². The first kappa shape index (κ1) is 17.0. The van der Waals surface area contributed by atoms with Gasteiger partial charge in [0, 0.05) is 24.6 Å². The van der Waals surface area contributed by atoms with Gasteiger partial charge in [-0.25, -0.2) is 5.10 Å². The highest BCUT2D eigenvalue weighted by Gasteiger charge is 2.13. The molecule has 1 aliphatic heterocycles. The largest absolute Gasteiger partial charge is 0.498 e. The number of nitrogens with one attached hydrogen (secondary N) is 1. The van der Waals surface area contributed by atoms with E-state index in [2.05, 4.69) is 21.2 Å². The van der Waals surface area contributed by atoms with Crippen LogP contribution in [0.3, 0.4) is 0 Å². The van der Waals surface area contributed by atoms with Crippen molar-refractivity contribution in [3.8, 4) is 0 Å². The minimum atomic E-state index is -0.153. The second-order valence-corrected chi connectivity index (χ2v) is 6.66. The summed E-state index contributed by atoms with van der Waals surface area (Å²) < 4.78 is 5.92. The third-order valence-corrected chi connectivity index (χ3v) is 4.81. The van der Waals surface area contributed by atoms with Crippen LogP contribution in [0.2, 0.25) is 0 Å². The average Bonchev–Trinajstić information content (AvgIpc) is 2.62. The van der Waals surface area contributed by atoms with E-state index in [9.17, 15) is 4.79 Å². The first-order valence-electron chi connectivity index (χ1n) is 9.04. The number of aromatic amines is 1. The Hall–Kier alpha value is -1.88. The van der Waals surface area contributed by atoms with Gasteiger partial charge in [0.05, 0.1) is 18.1 Å². The quantitative estimate of drug-likeness (QED) is 0.815. The van der Waals surface area contributed by atoms with Crippen molar-refractivity contribution in [1.29, 1.82) is 0 Å². The molecule has 0 aromatic carbocycles. The monoisotopic (exact) mass is 329 g/mol. The summed E-state index contributed by atoms with van der Waals surface area (Å²) in [6.07, 6.45) is 11.0. The molecule has 0 unspecified atom stereocenters. The summed E-state index contributed by atoms with van der Waals surface area (Å²) in [5.41, 5.74) is 2.81. The molecule has 0 spiro atoms. The van der Waals surface area contributed by atoms with Crippen LogP contribution < -0.4 is 5.56 Å². The number of rotatable bonds is 6. The van der Waals surface area contributed by atoms with Crippen LogP contribution in [0.4, 0.5) is 0 Å². The maximum atomic E-state index is 11.5. The van der Waals surface area contributed by atoms with Crippen LogP contribution in [0.1, 0.15) is 49.8 Å². The van der Waals surface area contributed by atoms with E-state index >= 15 is 0 Å². The fraction of sp³-hybridized carbons (Fsp3) is 0.579. The Bertz CT molecular complexity index is 669. The van der Waals surface area contributed by atoms with Crippen molar-refractivity contribution in [2.75, 3.05) is 26.2 Å². The van der Waals surface area contributed by atoms with Crippen molar-refractivity contribution in [2.24, 2.45) is 0 Å². The molecular weight excluding hydrogens is 302 g/mol. The molecule has 2 aliphatic rings. The second-order valence-electron chi connectivity index (χ2n) is 6.66. The Labute approximate surface area is 143 Å². The zero-order valence-electron chi connectivity index (χ0n) is 14.5. The first-order chi connectivity index (χ1) is 11.7. The molecule has 130 valence electrons. The highest BCUT2D eigenvalue weighted by atomic mass is 16.5. The zero-order valence-corrected chi connectivity index (χ0v) is 14.5. The lowest BCUT2D eigenvalue weighted by molar-refractivity contribution is 0.165. The van der Waals surface area contributed by atoms with Crippen LogP contribution in [-0.4, -0.2) is 41.3 Å². The van der Waals surface area contributed by atoms with Crippen LogP contribution in [0.15, 0.2) is 28.8 Å². The lowest BCUT2D eigenvalue weighted by Crippen LogP contribution is -2.31. The van der Waals surface area contributed by atoms with Gasteiger partial charge >= 0.3 is 0 Å². The van der Waals surface area contributed by atoms with Gasteiger partial charge in [-0.1, -0.05) is 12.5 Å². The molecule has 1 aromatic rings. The summed E-state index contributed by atoms with van der Waals surface area (Å²) in [6, 6.07) is 1.63. The fourth-order valence-electron chi connectivity index (χ4n) is 3.43. The van der Waals surface area contributed by atoms with Gasteiger partial charge in [-0.15, -0.1) is 0 Å². The molecule has 0 radical (unpaired) electrons. The molecule has 1 aliphatic carbocycles. The number of piperidine rings is 1. The van der Waals surface area contributed by atoms with Crippen LogP contribution >= 0.6 is 0 Å². The highest BCUT2D eigenvalue weighted by Crippen LogP contribution is 2.27. The molecule has 0 atom stereocenters. The van der Waals surface area contributed by atoms with Crippen molar-refractivity contribution >= 4 is 5.57 Å². The van der Waals surface area contributed by atoms with Gasteiger partial charge in [0.2, 0.25) is 0 Å². The van der Waals surface area contributed by atoms with E-state index in [0.29, 0.717) is 0 Å². The van der Waals surface area contributed by atoms with E-state index < -0.39 is 0 Å². The number of hydrogen-bond acceptors (Lipinski definition) is 4. The molecule has 24 heavy (non-hydrogen) atoms. The number of hydrogen-bond donors (Lipinski definition) is 1. The van der Waals surface area contributed by atoms with Gasteiger partial charge in [0.25, 0.3) is 5.56 Å². The van der Waals surface area contributed by atoms with Crippen LogP contribution in [0.5, 0.6) is 0 Å². The number of likely N-dealkylation sites (tertiary alicyclic amines) is 1. The number of nitrogens with zero attached hydrogens (tertiary/aromatic N) is 2. The summed E-state index contributed by atoms with van der Waals surface area (Å²) in [7, 11) is 0. The predicted octanol–water partition coefficient (Wildman–Crippen LogP) is 3.03. The number of allylic oxidation sites excluding steroid dienone is 4. The lowest BCUT2D eigenvalue weighted by Gasteiger charge is -2.26. The SMILES string of the molecule is Cc1n[nH]c(=O)cc1C1=CC=C(OCCCN2CCCCC2)CC1. The Morgan fingerprint density at radius 1 is 1.21 bits per heavy atom. The molecule has 0 saturated carbocycles. The normalized spacial score (nSPS) is 18.9. The fourth-order valence-corrected chi connectivity index (χ4v) is 3.43. The number of ether oxygens (including phenoxy) is 1. The molecule has 0 bridgehead atoms. The van der Waals surface area contributed by atoms with Gasteiger partial charge in [-0.2, -0.15) is 5.10 Å². The van der Waals surface area contributed by atoms with Gasteiger partial charge in [-0.05, 0) is 57.3 Å². The summed E-state index contributed by atoms with van der Waals surface area (Å²) in [6.45, 7) is 6.35. The van der Waals surface area contributed by atoms with E-state index in [1.54, 1.807) is 6.07 Å². The average molecular weight is 329 g/mol. The lowest BCUT2D eigenvalue weighted by atomic mass is 9.96. The zero-order chi connectivity index (χ0) is 16.8. The molecular formula is C19H27N3O2. The van der Waals surface area contributed by atoms with Crippen molar-refractivity contribution in [3.63, 3.8) is 0 Å². The second kappa shape index (κ2) is 8.29. The van der Waals surface area contributed by atoms with Gasteiger partial charge in [0.15, 0.2) is 0 Å². The van der Waals surface area contributed by atoms with E-state index in [1.165, 1.54) is 32.4 Å². The molecule has 0 amide bonds. The van der Waals surface area contributed by atoms with Crippen molar-refractivity contribution in [2.45, 2.75) is 45.4 Å². The Balaban J connectivity index is 1.48. The molecule has 5 heteroatoms. The third kappa shape index (κ3) is 4.57. The third-order valence-electron chi connectivity index (χ3n) is 4.81. The Morgan fingerprint density at radius 3 is 2.79 bits per heavy atom. The molecule has 1 N–H and O–H groups in total. The van der Waals surface area contributed by atoms with Crippen molar-refractivity contribution in [3.05, 3.63) is 45.6 Å². The summed E-state index contributed by atoms with van der Waals surface area (Å²) in [5.74, 6) is 1.05. The smallest absolute Gasteiger partial charge is 0.264 e. The molecule has 1 saturated heterocycles.